The Hall–Kier alpha value is -1.39. The van der Waals surface area contributed by atoms with Gasteiger partial charge in [0.25, 0.3) is 0 Å². The quantitative estimate of drug-likeness (QED) is 0.736. The number of carbonyl (C=O) groups excluding carboxylic acids is 1. The Morgan fingerprint density at radius 3 is 2.53 bits per heavy atom. The number of esters is 1. The molecular formula is C13H17NO3. The number of benzene rings is 1. The maximum atomic E-state index is 11.4. The van der Waals surface area contributed by atoms with Crippen LogP contribution >= 0.6 is 0 Å². The normalized spacial score (nSPS) is 16.6. The van der Waals surface area contributed by atoms with E-state index in [0.717, 1.165) is 12.8 Å². The summed E-state index contributed by atoms with van der Waals surface area (Å²) in [6.45, 7) is -0.237. The van der Waals surface area contributed by atoms with Crippen LogP contribution in [-0.4, -0.2) is 36.9 Å². The van der Waals surface area contributed by atoms with E-state index in [1.807, 2.05) is 12.1 Å². The van der Waals surface area contributed by atoms with E-state index in [9.17, 15) is 4.79 Å². The Balaban J connectivity index is 1.97. The molecule has 0 fully saturated rings. The fourth-order valence-corrected chi connectivity index (χ4v) is 2.30. The molecule has 17 heavy (non-hydrogen) atoms. The number of aliphatic hydroxyl groups excluding tert-OH is 1. The maximum absolute atomic E-state index is 11.4. The molecule has 92 valence electrons. The van der Waals surface area contributed by atoms with Gasteiger partial charge in [-0.3, -0.25) is 10.1 Å². The summed E-state index contributed by atoms with van der Waals surface area (Å²) in [6, 6.07) is 7.81. The molecule has 0 unspecified atom stereocenters. The van der Waals surface area contributed by atoms with Crippen molar-refractivity contribution in [2.45, 2.75) is 24.9 Å². The number of methoxy groups -OCH3 is 1. The van der Waals surface area contributed by atoms with Crippen molar-refractivity contribution in [3.05, 3.63) is 35.4 Å². The van der Waals surface area contributed by atoms with Crippen molar-refractivity contribution in [1.82, 2.24) is 5.32 Å². The highest BCUT2D eigenvalue weighted by Crippen LogP contribution is 2.21. The molecule has 1 aromatic carbocycles. The zero-order valence-corrected chi connectivity index (χ0v) is 9.85. The Morgan fingerprint density at radius 2 is 2.06 bits per heavy atom. The fraction of sp³-hybridized carbons (Fsp3) is 0.462. The van der Waals surface area contributed by atoms with Gasteiger partial charge in [-0.15, -0.1) is 0 Å². The van der Waals surface area contributed by atoms with Gasteiger partial charge in [0.1, 0.15) is 6.04 Å². The molecule has 0 aliphatic heterocycles. The second-order valence-electron chi connectivity index (χ2n) is 4.30. The van der Waals surface area contributed by atoms with Crippen LogP contribution in [-0.2, 0) is 22.4 Å². The molecule has 4 nitrogen and oxygen atoms in total. The molecule has 0 heterocycles. The predicted molar refractivity (Wildman–Crippen MR) is 63.7 cm³/mol. The van der Waals surface area contributed by atoms with Gasteiger partial charge in [-0.1, -0.05) is 24.3 Å². The molecule has 0 spiro atoms. The number of carbonyl (C=O) groups is 1. The lowest BCUT2D eigenvalue weighted by atomic mass is 10.1. The first-order valence-electron chi connectivity index (χ1n) is 5.76. The van der Waals surface area contributed by atoms with E-state index >= 15 is 0 Å². The van der Waals surface area contributed by atoms with Gasteiger partial charge in [0.15, 0.2) is 0 Å². The SMILES string of the molecule is COC(=O)[C@H](CO)NC1Cc2ccccc2C1. The summed E-state index contributed by atoms with van der Waals surface area (Å²) in [5, 5.41) is 12.3. The van der Waals surface area contributed by atoms with Crippen LogP contribution in [0.3, 0.4) is 0 Å². The van der Waals surface area contributed by atoms with Crippen LogP contribution in [0.1, 0.15) is 11.1 Å². The summed E-state index contributed by atoms with van der Waals surface area (Å²) in [4.78, 5) is 11.4. The zero-order chi connectivity index (χ0) is 12.3. The van der Waals surface area contributed by atoms with Crippen LogP contribution in [0, 0.1) is 0 Å². The van der Waals surface area contributed by atoms with E-state index < -0.39 is 12.0 Å². The summed E-state index contributed by atoms with van der Waals surface area (Å²) in [5.41, 5.74) is 2.62. The summed E-state index contributed by atoms with van der Waals surface area (Å²) in [7, 11) is 1.33. The van der Waals surface area contributed by atoms with Gasteiger partial charge >= 0.3 is 5.97 Å². The number of nitrogens with one attached hydrogen (secondary N) is 1. The smallest absolute Gasteiger partial charge is 0.325 e. The molecule has 0 radical (unpaired) electrons. The Kier molecular flexibility index (Phi) is 3.76. The van der Waals surface area contributed by atoms with E-state index in [-0.39, 0.29) is 12.6 Å². The molecule has 1 aliphatic rings. The summed E-state index contributed by atoms with van der Waals surface area (Å²) in [6.07, 6.45) is 1.79. The molecule has 0 aromatic heterocycles. The first-order chi connectivity index (χ1) is 8.24. The third-order valence-electron chi connectivity index (χ3n) is 3.16. The van der Waals surface area contributed by atoms with E-state index in [4.69, 9.17) is 5.11 Å². The number of hydrogen-bond acceptors (Lipinski definition) is 4. The standard InChI is InChI=1S/C13H17NO3/c1-17-13(16)12(8-15)14-11-6-9-4-2-3-5-10(9)7-11/h2-5,11-12,14-15H,6-8H2,1H3/t12-/m0/s1. The zero-order valence-electron chi connectivity index (χ0n) is 9.85. The highest BCUT2D eigenvalue weighted by Gasteiger charge is 2.26. The van der Waals surface area contributed by atoms with E-state index in [2.05, 4.69) is 22.2 Å². The number of ether oxygens (including phenoxy) is 1. The van der Waals surface area contributed by atoms with Crippen LogP contribution in [0.15, 0.2) is 24.3 Å². The number of hydrogen-bond donors (Lipinski definition) is 2. The van der Waals surface area contributed by atoms with Crippen LogP contribution in [0.4, 0.5) is 0 Å². The summed E-state index contributed by atoms with van der Waals surface area (Å²) in [5.74, 6) is -0.413. The predicted octanol–water partition coefficient (Wildman–Crippen LogP) is 0.277. The van der Waals surface area contributed by atoms with Gasteiger partial charge in [-0.2, -0.15) is 0 Å². The molecule has 1 aromatic rings. The molecule has 2 rings (SSSR count). The van der Waals surface area contributed by atoms with Crippen LogP contribution in [0.2, 0.25) is 0 Å². The lowest BCUT2D eigenvalue weighted by Crippen LogP contribution is -2.46. The summed E-state index contributed by atoms with van der Waals surface area (Å²) >= 11 is 0. The maximum Gasteiger partial charge on any atom is 0.325 e. The van der Waals surface area contributed by atoms with Crippen molar-refractivity contribution in [1.29, 1.82) is 0 Å². The molecular weight excluding hydrogens is 218 g/mol. The molecule has 0 amide bonds. The average Bonchev–Trinajstić information content (AvgIpc) is 2.77. The fourth-order valence-electron chi connectivity index (χ4n) is 2.30. The first kappa shape index (κ1) is 12.1. The van der Waals surface area contributed by atoms with E-state index in [0.29, 0.717) is 0 Å². The van der Waals surface area contributed by atoms with Gasteiger partial charge < -0.3 is 9.84 Å². The Morgan fingerprint density at radius 1 is 1.47 bits per heavy atom. The highest BCUT2D eigenvalue weighted by molar-refractivity contribution is 5.75. The van der Waals surface area contributed by atoms with Crippen molar-refractivity contribution in [2.75, 3.05) is 13.7 Å². The van der Waals surface area contributed by atoms with Crippen molar-refractivity contribution >= 4 is 5.97 Å². The molecule has 0 saturated heterocycles. The molecule has 1 aliphatic carbocycles. The minimum Gasteiger partial charge on any atom is -0.468 e. The molecule has 1 atom stereocenters. The second-order valence-corrected chi connectivity index (χ2v) is 4.30. The van der Waals surface area contributed by atoms with Gasteiger partial charge in [0.05, 0.1) is 13.7 Å². The van der Waals surface area contributed by atoms with Crippen molar-refractivity contribution in [2.24, 2.45) is 0 Å². The van der Waals surface area contributed by atoms with Crippen LogP contribution in [0.25, 0.3) is 0 Å². The minimum atomic E-state index is -0.626. The monoisotopic (exact) mass is 235 g/mol. The van der Waals surface area contributed by atoms with E-state index in [1.54, 1.807) is 0 Å². The Bertz CT molecular complexity index is 380. The largest absolute Gasteiger partial charge is 0.468 e. The van der Waals surface area contributed by atoms with Crippen molar-refractivity contribution in [3.8, 4) is 0 Å². The Labute approximate surface area is 101 Å². The van der Waals surface area contributed by atoms with Gasteiger partial charge in [-0.25, -0.2) is 0 Å². The molecule has 2 N–H and O–H groups in total. The average molecular weight is 235 g/mol. The second kappa shape index (κ2) is 5.29. The first-order valence-corrected chi connectivity index (χ1v) is 5.76. The topological polar surface area (TPSA) is 58.6 Å². The van der Waals surface area contributed by atoms with Crippen LogP contribution in [0.5, 0.6) is 0 Å². The summed E-state index contributed by atoms with van der Waals surface area (Å²) < 4.78 is 4.63. The highest BCUT2D eigenvalue weighted by atomic mass is 16.5. The van der Waals surface area contributed by atoms with Gasteiger partial charge in [-0.05, 0) is 24.0 Å². The minimum absolute atomic E-state index is 0.198. The van der Waals surface area contributed by atoms with Crippen LogP contribution < -0.4 is 5.32 Å². The van der Waals surface area contributed by atoms with Gasteiger partial charge in [0, 0.05) is 6.04 Å². The third-order valence-corrected chi connectivity index (χ3v) is 3.16. The molecule has 0 saturated carbocycles. The lowest BCUT2D eigenvalue weighted by molar-refractivity contribution is -0.144. The molecule has 4 heteroatoms. The molecule has 0 bridgehead atoms. The lowest BCUT2D eigenvalue weighted by Gasteiger charge is -2.18. The number of fused-ring (bicyclic) bond motifs is 1. The van der Waals surface area contributed by atoms with Crippen molar-refractivity contribution in [3.63, 3.8) is 0 Å². The van der Waals surface area contributed by atoms with Crippen molar-refractivity contribution < 1.29 is 14.6 Å². The van der Waals surface area contributed by atoms with Gasteiger partial charge in [0.2, 0.25) is 0 Å². The number of rotatable bonds is 4. The third kappa shape index (κ3) is 2.65. The number of aliphatic hydroxyl groups is 1. The van der Waals surface area contributed by atoms with E-state index in [1.165, 1.54) is 18.2 Å².